The van der Waals surface area contributed by atoms with Crippen molar-refractivity contribution in [3.63, 3.8) is 0 Å². The quantitative estimate of drug-likeness (QED) is 0.358. The number of carbonyl (C=O) groups excluding carboxylic acids is 2. The van der Waals surface area contributed by atoms with E-state index < -0.39 is 17.0 Å². The van der Waals surface area contributed by atoms with Gasteiger partial charge < -0.3 is 19.7 Å². The Bertz CT molecular complexity index is 1060. The van der Waals surface area contributed by atoms with Gasteiger partial charge in [0.15, 0.2) is 0 Å². The Hall–Kier alpha value is -3.72. The lowest BCUT2D eigenvalue weighted by molar-refractivity contribution is -0.384. The van der Waals surface area contributed by atoms with E-state index in [1.54, 1.807) is 35.0 Å². The molecule has 9 heteroatoms. The summed E-state index contributed by atoms with van der Waals surface area (Å²) in [6.07, 6.45) is 0.551. The number of methoxy groups -OCH3 is 1. The van der Waals surface area contributed by atoms with Crippen LogP contribution in [0.3, 0.4) is 0 Å². The summed E-state index contributed by atoms with van der Waals surface area (Å²) in [7, 11) is 1.29. The van der Waals surface area contributed by atoms with Gasteiger partial charge in [0.25, 0.3) is 5.69 Å². The minimum absolute atomic E-state index is 0.0511. The lowest BCUT2D eigenvalue weighted by Gasteiger charge is -2.13. The minimum atomic E-state index is -1.01. The molecule has 0 fully saturated rings. The number of para-hydroxylation sites is 1. The zero-order valence-electron chi connectivity index (χ0n) is 15.6. The number of ether oxygens (including phenoxy) is 1. The Morgan fingerprint density at radius 3 is 2.55 bits per heavy atom. The van der Waals surface area contributed by atoms with Crippen LogP contribution in [0.1, 0.15) is 22.0 Å². The number of rotatable bonds is 7. The van der Waals surface area contributed by atoms with Crippen molar-refractivity contribution in [3.8, 4) is 0 Å². The summed E-state index contributed by atoms with van der Waals surface area (Å²) in [5.74, 6) is -0.850. The molecule has 0 aliphatic carbocycles. The molecule has 2 N–H and O–H groups in total. The van der Waals surface area contributed by atoms with Gasteiger partial charge in [-0.15, -0.1) is 0 Å². The number of amides is 1. The highest BCUT2D eigenvalue weighted by Gasteiger charge is 2.17. The number of aliphatic hydroxyl groups excluding tert-OH is 1. The summed E-state index contributed by atoms with van der Waals surface area (Å²) in [6, 6.07) is 12.6. The molecule has 150 valence electrons. The topological polar surface area (TPSA) is 124 Å². The molecule has 0 unspecified atom stereocenters. The van der Waals surface area contributed by atoms with Crippen LogP contribution >= 0.6 is 0 Å². The fourth-order valence-electron chi connectivity index (χ4n) is 3.01. The van der Waals surface area contributed by atoms with Gasteiger partial charge in [0.05, 0.1) is 23.7 Å². The van der Waals surface area contributed by atoms with Gasteiger partial charge in [0, 0.05) is 35.8 Å². The Labute approximate surface area is 165 Å². The molecule has 0 aliphatic rings. The average molecular weight is 397 g/mol. The molecule has 0 aliphatic heterocycles. The van der Waals surface area contributed by atoms with E-state index in [1.165, 1.54) is 31.4 Å². The number of non-ortho nitro benzene ring substituents is 1. The number of esters is 1. The monoisotopic (exact) mass is 397 g/mol. The van der Waals surface area contributed by atoms with Crippen molar-refractivity contribution in [2.45, 2.75) is 12.6 Å². The van der Waals surface area contributed by atoms with Gasteiger partial charge in [-0.2, -0.15) is 0 Å². The van der Waals surface area contributed by atoms with Crippen LogP contribution in [0.5, 0.6) is 0 Å². The Balaban J connectivity index is 1.66. The number of nitro groups is 1. The summed E-state index contributed by atoms with van der Waals surface area (Å²) >= 11 is 0. The summed E-state index contributed by atoms with van der Waals surface area (Å²) in [4.78, 5) is 34.4. The summed E-state index contributed by atoms with van der Waals surface area (Å²) in [5.41, 5.74) is 1.45. The SMILES string of the molecule is COC(=O)c1cn(CC(=O)NC[C@H](O)c2ccc([N+](=O)[O-])cc2)c2ccccc12. The molecule has 9 nitrogen and oxygen atoms in total. The fourth-order valence-corrected chi connectivity index (χ4v) is 3.01. The van der Waals surface area contributed by atoms with Gasteiger partial charge in [-0.3, -0.25) is 14.9 Å². The largest absolute Gasteiger partial charge is 0.465 e. The standard InChI is InChI=1S/C20H19N3O6/c1-29-20(26)16-11-22(17-5-3-2-4-15(16)17)12-19(25)21-10-18(24)13-6-8-14(9-7-13)23(27)28/h2-9,11,18,24H,10,12H2,1H3,(H,21,25)/t18-/m0/s1. The molecule has 0 spiro atoms. The first-order valence-electron chi connectivity index (χ1n) is 8.76. The van der Waals surface area contributed by atoms with Gasteiger partial charge in [0.2, 0.25) is 5.91 Å². The first kappa shape index (κ1) is 20.0. The molecule has 3 rings (SSSR count). The Morgan fingerprint density at radius 2 is 1.90 bits per heavy atom. The van der Waals surface area contributed by atoms with E-state index in [4.69, 9.17) is 4.74 Å². The number of fused-ring (bicyclic) bond motifs is 1. The van der Waals surface area contributed by atoms with Crippen LogP contribution in [0.15, 0.2) is 54.7 Å². The van der Waals surface area contributed by atoms with Gasteiger partial charge in [-0.1, -0.05) is 18.2 Å². The van der Waals surface area contributed by atoms with Crippen molar-refractivity contribution in [2.24, 2.45) is 0 Å². The van der Waals surface area contributed by atoms with Crippen LogP contribution < -0.4 is 5.32 Å². The third-order valence-electron chi connectivity index (χ3n) is 4.49. The third-order valence-corrected chi connectivity index (χ3v) is 4.49. The van der Waals surface area contributed by atoms with Gasteiger partial charge in [0.1, 0.15) is 6.54 Å². The van der Waals surface area contributed by atoms with Crippen molar-refractivity contribution >= 4 is 28.5 Å². The number of aliphatic hydroxyl groups is 1. The Kier molecular flexibility index (Phi) is 5.89. The predicted molar refractivity (Wildman–Crippen MR) is 104 cm³/mol. The summed E-state index contributed by atoms with van der Waals surface area (Å²) in [6.45, 7) is -0.107. The first-order valence-corrected chi connectivity index (χ1v) is 8.76. The molecule has 2 aromatic carbocycles. The maximum atomic E-state index is 12.3. The fraction of sp³-hybridized carbons (Fsp3) is 0.200. The molecule has 0 saturated carbocycles. The van der Waals surface area contributed by atoms with Crippen LogP contribution in [0.25, 0.3) is 10.9 Å². The highest BCUT2D eigenvalue weighted by molar-refractivity contribution is 6.04. The first-order chi connectivity index (χ1) is 13.9. The van der Waals surface area contributed by atoms with Crippen molar-refractivity contribution in [3.05, 3.63) is 76.0 Å². The zero-order valence-corrected chi connectivity index (χ0v) is 15.6. The van der Waals surface area contributed by atoms with E-state index in [9.17, 15) is 24.8 Å². The van der Waals surface area contributed by atoms with Crippen LogP contribution in [0.2, 0.25) is 0 Å². The molecule has 1 amide bonds. The van der Waals surface area contributed by atoms with Crippen LogP contribution in [-0.2, 0) is 16.1 Å². The number of nitrogens with one attached hydrogen (secondary N) is 1. The zero-order chi connectivity index (χ0) is 21.0. The van der Waals surface area contributed by atoms with E-state index in [2.05, 4.69) is 5.32 Å². The molecule has 1 atom stereocenters. The predicted octanol–water partition coefficient (Wildman–Crippen LogP) is 2.19. The highest BCUT2D eigenvalue weighted by Crippen LogP contribution is 2.22. The lowest BCUT2D eigenvalue weighted by atomic mass is 10.1. The van der Waals surface area contributed by atoms with Crippen molar-refractivity contribution in [2.75, 3.05) is 13.7 Å². The molecule has 0 radical (unpaired) electrons. The number of aromatic nitrogens is 1. The van der Waals surface area contributed by atoms with Crippen LogP contribution in [0, 0.1) is 10.1 Å². The average Bonchev–Trinajstić information content (AvgIpc) is 3.10. The maximum Gasteiger partial charge on any atom is 0.340 e. The van der Waals surface area contributed by atoms with Gasteiger partial charge in [-0.05, 0) is 23.8 Å². The normalized spacial score (nSPS) is 11.8. The number of nitrogens with zero attached hydrogens (tertiary/aromatic N) is 2. The van der Waals surface area contributed by atoms with Crippen molar-refractivity contribution in [1.82, 2.24) is 9.88 Å². The van der Waals surface area contributed by atoms with Gasteiger partial charge >= 0.3 is 5.97 Å². The summed E-state index contributed by atoms with van der Waals surface area (Å²) < 4.78 is 6.42. The van der Waals surface area contributed by atoms with E-state index in [-0.39, 0.29) is 24.7 Å². The number of carbonyl (C=O) groups is 2. The minimum Gasteiger partial charge on any atom is -0.465 e. The van der Waals surface area contributed by atoms with Crippen LogP contribution in [0.4, 0.5) is 5.69 Å². The molecule has 0 bridgehead atoms. The highest BCUT2D eigenvalue weighted by atomic mass is 16.6. The molecule has 3 aromatic rings. The summed E-state index contributed by atoms with van der Waals surface area (Å²) in [5, 5.41) is 24.2. The number of nitro benzene ring substituents is 1. The van der Waals surface area contributed by atoms with Crippen LogP contribution in [-0.4, -0.2) is 40.1 Å². The molecule has 1 heterocycles. The molecular formula is C20H19N3O6. The second kappa shape index (κ2) is 8.53. The van der Waals surface area contributed by atoms with E-state index in [1.807, 2.05) is 0 Å². The molecule has 29 heavy (non-hydrogen) atoms. The van der Waals surface area contributed by atoms with E-state index >= 15 is 0 Å². The van der Waals surface area contributed by atoms with E-state index in [0.29, 0.717) is 22.0 Å². The lowest BCUT2D eigenvalue weighted by Crippen LogP contribution is -2.31. The van der Waals surface area contributed by atoms with Gasteiger partial charge in [-0.25, -0.2) is 4.79 Å². The smallest absolute Gasteiger partial charge is 0.340 e. The number of benzene rings is 2. The number of hydrogen-bond donors (Lipinski definition) is 2. The van der Waals surface area contributed by atoms with Crippen molar-refractivity contribution in [1.29, 1.82) is 0 Å². The number of hydrogen-bond acceptors (Lipinski definition) is 6. The molecule has 1 aromatic heterocycles. The maximum absolute atomic E-state index is 12.3. The van der Waals surface area contributed by atoms with E-state index in [0.717, 1.165) is 0 Å². The molecule has 0 saturated heterocycles. The molecular weight excluding hydrogens is 378 g/mol. The Morgan fingerprint density at radius 1 is 1.21 bits per heavy atom. The third kappa shape index (κ3) is 4.41. The second-order valence-corrected chi connectivity index (χ2v) is 6.35. The second-order valence-electron chi connectivity index (χ2n) is 6.35. The van der Waals surface area contributed by atoms with Crippen molar-refractivity contribution < 1.29 is 24.4 Å².